The molecular formula is C40H28N6OSi. The first-order valence-electron chi connectivity index (χ1n) is 17.5. The lowest BCUT2D eigenvalue weighted by Crippen LogP contribution is -2.56. The first-order valence-corrected chi connectivity index (χ1v) is 18.5. The Morgan fingerprint density at radius 3 is 1.77 bits per heavy atom. The fourth-order valence-electron chi connectivity index (χ4n) is 7.79. The summed E-state index contributed by atoms with van der Waals surface area (Å²) in [5, 5.41) is 1.46. The molecule has 0 saturated heterocycles. The van der Waals surface area contributed by atoms with Crippen LogP contribution in [-0.4, -0.2) is 36.0 Å². The predicted molar refractivity (Wildman–Crippen MR) is 196 cm³/mol. The Hall–Kier alpha value is -6.12. The molecule has 4 aromatic heterocycles. The van der Waals surface area contributed by atoms with Crippen LogP contribution in [0.5, 0.6) is 11.5 Å². The maximum Gasteiger partial charge on any atom is 0.220 e. The second kappa shape index (κ2) is 9.02. The number of hydrogen-bond donors (Lipinski definition) is 0. The van der Waals surface area contributed by atoms with Gasteiger partial charge in [-0.1, -0.05) is 73.7 Å². The van der Waals surface area contributed by atoms with Crippen molar-refractivity contribution >= 4 is 74.1 Å². The molecule has 0 fully saturated rings. The molecule has 0 aliphatic carbocycles. The average molecular weight is 640 g/mol. The molecule has 1 unspecified atom stereocenters. The third-order valence-corrected chi connectivity index (χ3v) is 12.9. The van der Waals surface area contributed by atoms with E-state index < -0.39 is 14.5 Å². The smallest absolute Gasteiger partial charge is 0.220 e. The van der Waals surface area contributed by atoms with E-state index in [1.165, 1.54) is 0 Å². The van der Waals surface area contributed by atoms with Crippen molar-refractivity contribution < 1.29 is 8.85 Å². The summed E-state index contributed by atoms with van der Waals surface area (Å²) in [6, 6.07) is 44.5. The van der Waals surface area contributed by atoms with Gasteiger partial charge in [-0.15, -0.1) is 0 Å². The Balaban J connectivity index is 1.17. The highest BCUT2D eigenvalue weighted by molar-refractivity contribution is 7.01. The summed E-state index contributed by atoms with van der Waals surface area (Å²) < 4.78 is 42.9. The molecule has 11 rings (SSSR count). The van der Waals surface area contributed by atoms with Crippen LogP contribution in [0.3, 0.4) is 0 Å². The summed E-state index contributed by atoms with van der Waals surface area (Å²) >= 11 is 0. The van der Waals surface area contributed by atoms with Gasteiger partial charge >= 0.3 is 0 Å². The summed E-state index contributed by atoms with van der Waals surface area (Å²) in [4.78, 5) is 10.1. The van der Waals surface area contributed by atoms with Crippen LogP contribution in [0.2, 0.25) is 13.0 Å². The van der Waals surface area contributed by atoms with Crippen molar-refractivity contribution in [3.63, 3.8) is 0 Å². The first-order chi connectivity index (χ1) is 24.8. The fraction of sp³-hybridized carbons (Fsp3) is 0.0500. The number of benzene rings is 6. The molecule has 8 heteroatoms. The number of ether oxygens (including phenoxy) is 1. The molecule has 0 spiro atoms. The van der Waals surface area contributed by atoms with Crippen molar-refractivity contribution in [3.8, 4) is 22.9 Å². The highest BCUT2D eigenvalue weighted by Crippen LogP contribution is 2.38. The lowest BCUT2D eigenvalue weighted by molar-refractivity contribution is 0.484. The Morgan fingerprint density at radius 1 is 0.562 bits per heavy atom. The Kier molecular flexibility index (Phi) is 4.37. The molecule has 0 saturated carbocycles. The van der Waals surface area contributed by atoms with Gasteiger partial charge in [0.15, 0.2) is 5.75 Å². The SMILES string of the molecule is [2H]C([2H])([2H])[Si]1(C)c2cc(-n3c4ccccc4n4c5ccccc5nc34)ccc2Oc2c(-n3c4ccccc4n4c5ccccc5nc34)cccc21. The van der Waals surface area contributed by atoms with Crippen LogP contribution >= 0.6 is 0 Å². The molecule has 228 valence electrons. The Morgan fingerprint density at radius 2 is 1.12 bits per heavy atom. The molecule has 10 aromatic rings. The van der Waals surface area contributed by atoms with Gasteiger partial charge in [0.05, 0.1) is 49.8 Å². The van der Waals surface area contributed by atoms with Gasteiger partial charge in [-0.05, 0) is 83.2 Å². The van der Waals surface area contributed by atoms with Gasteiger partial charge in [0.1, 0.15) is 13.8 Å². The molecule has 0 N–H and O–H groups in total. The molecular weight excluding hydrogens is 609 g/mol. The zero-order chi connectivity index (χ0) is 34.2. The lowest BCUT2D eigenvalue weighted by Gasteiger charge is -2.34. The summed E-state index contributed by atoms with van der Waals surface area (Å²) in [6.07, 6.45) is 0. The van der Waals surface area contributed by atoms with Crippen LogP contribution in [0.1, 0.15) is 4.11 Å². The average Bonchev–Trinajstić information content (AvgIpc) is 3.87. The zero-order valence-corrected chi connectivity index (χ0v) is 26.8. The third kappa shape index (κ3) is 3.22. The van der Waals surface area contributed by atoms with Gasteiger partial charge in [0.25, 0.3) is 0 Å². The molecule has 1 aliphatic rings. The number of aromatic nitrogens is 6. The van der Waals surface area contributed by atoms with E-state index in [9.17, 15) is 0 Å². The van der Waals surface area contributed by atoms with Crippen molar-refractivity contribution in [2.75, 3.05) is 0 Å². The van der Waals surface area contributed by atoms with E-state index in [2.05, 4.69) is 54.3 Å². The first kappa shape index (κ1) is 23.2. The standard InChI is InChI=1S/C40H28N6OSi/c1-48(2)36-21-11-20-34(46-33-19-10-9-18-32(33)45-29-15-6-4-13-27(29)42-40(45)46)38(36)47-35-23-22-25(24-37(35)48)43-30-16-7-8-17-31(30)44-28-14-5-3-12-26(28)41-39(43)44/h3-24H,1-2H3/i1D3. The highest BCUT2D eigenvalue weighted by atomic mass is 28.3. The van der Waals surface area contributed by atoms with Gasteiger partial charge in [-0.25, -0.2) is 9.97 Å². The van der Waals surface area contributed by atoms with E-state index in [4.69, 9.17) is 18.8 Å². The Labute approximate surface area is 279 Å². The number of imidazole rings is 4. The van der Waals surface area contributed by atoms with E-state index in [-0.39, 0.29) is 0 Å². The quantitative estimate of drug-likeness (QED) is 0.180. The van der Waals surface area contributed by atoms with Crippen LogP contribution in [0, 0.1) is 0 Å². The van der Waals surface area contributed by atoms with Gasteiger partial charge in [0, 0.05) is 9.80 Å². The van der Waals surface area contributed by atoms with Crippen LogP contribution in [0.15, 0.2) is 133 Å². The predicted octanol–water partition coefficient (Wildman–Crippen LogP) is 8.10. The van der Waals surface area contributed by atoms with Crippen molar-refractivity contribution in [2.45, 2.75) is 13.0 Å². The van der Waals surface area contributed by atoms with Crippen molar-refractivity contribution in [2.24, 2.45) is 0 Å². The van der Waals surface area contributed by atoms with Gasteiger partial charge in [0.2, 0.25) is 11.6 Å². The largest absolute Gasteiger partial charge is 0.455 e. The van der Waals surface area contributed by atoms with Crippen molar-refractivity contribution in [1.29, 1.82) is 0 Å². The van der Waals surface area contributed by atoms with Gasteiger partial charge in [-0.2, -0.15) is 0 Å². The summed E-state index contributed by atoms with van der Waals surface area (Å²) in [6.45, 7) is -0.336. The minimum atomic E-state index is -3.51. The summed E-state index contributed by atoms with van der Waals surface area (Å²) in [7, 11) is -3.51. The molecule has 0 amide bonds. The number of hydrogen-bond acceptors (Lipinski definition) is 3. The van der Waals surface area contributed by atoms with Crippen LogP contribution in [0.4, 0.5) is 0 Å². The van der Waals surface area contributed by atoms with E-state index >= 15 is 0 Å². The van der Waals surface area contributed by atoms with Crippen molar-refractivity contribution in [1.82, 2.24) is 27.9 Å². The van der Waals surface area contributed by atoms with Gasteiger partial charge < -0.3 is 4.74 Å². The number of nitrogens with zero attached hydrogens (tertiary/aromatic N) is 6. The minimum Gasteiger partial charge on any atom is -0.455 e. The number of fused-ring (bicyclic) bond motifs is 12. The molecule has 0 bridgehead atoms. The fourth-order valence-corrected chi connectivity index (χ4v) is 10.2. The van der Waals surface area contributed by atoms with Crippen LogP contribution < -0.4 is 15.1 Å². The van der Waals surface area contributed by atoms with Gasteiger partial charge in [-0.3, -0.25) is 17.9 Å². The molecule has 48 heavy (non-hydrogen) atoms. The van der Waals surface area contributed by atoms with E-state index in [1.54, 1.807) is 0 Å². The molecule has 0 radical (unpaired) electrons. The topological polar surface area (TPSA) is 53.7 Å². The highest BCUT2D eigenvalue weighted by Gasteiger charge is 2.38. The normalized spacial score (nSPS) is 17.1. The molecule has 1 aliphatic heterocycles. The molecule has 6 aromatic carbocycles. The lowest BCUT2D eigenvalue weighted by atomic mass is 10.2. The molecule has 5 heterocycles. The van der Waals surface area contributed by atoms with Crippen LogP contribution in [-0.2, 0) is 0 Å². The summed E-state index contributed by atoms with van der Waals surface area (Å²) in [5.41, 5.74) is 9.37. The monoisotopic (exact) mass is 639 g/mol. The van der Waals surface area contributed by atoms with E-state index in [0.717, 1.165) is 77.4 Å². The number of rotatable bonds is 2. The van der Waals surface area contributed by atoms with E-state index in [1.807, 2.05) is 104 Å². The minimum absolute atomic E-state index is 0.561. The maximum absolute atomic E-state index is 9.14. The Bertz CT molecular complexity index is 3090. The van der Waals surface area contributed by atoms with E-state index in [0.29, 0.717) is 11.5 Å². The third-order valence-electron chi connectivity index (χ3n) is 9.96. The maximum atomic E-state index is 9.14. The second-order valence-electron chi connectivity index (χ2n) is 12.7. The zero-order valence-electron chi connectivity index (χ0n) is 28.8. The second-order valence-corrected chi connectivity index (χ2v) is 16.0. The van der Waals surface area contributed by atoms with Crippen LogP contribution in [0.25, 0.3) is 67.1 Å². The molecule has 7 nitrogen and oxygen atoms in total. The summed E-state index contributed by atoms with van der Waals surface area (Å²) in [5.74, 6) is 2.63. The number of para-hydroxylation sites is 9. The molecule has 1 atom stereocenters. The van der Waals surface area contributed by atoms with Crippen molar-refractivity contribution in [3.05, 3.63) is 133 Å².